The molecule has 2 atom stereocenters. The second-order valence-electron chi connectivity index (χ2n) is 5.57. The summed E-state index contributed by atoms with van der Waals surface area (Å²) in [7, 11) is 0. The summed E-state index contributed by atoms with van der Waals surface area (Å²) >= 11 is 0. The summed E-state index contributed by atoms with van der Waals surface area (Å²) < 4.78 is 0. The van der Waals surface area contributed by atoms with Crippen molar-refractivity contribution >= 4 is 24.0 Å². The Labute approximate surface area is 147 Å². The highest BCUT2D eigenvalue weighted by Gasteiger charge is 2.19. The minimum Gasteiger partial charge on any atom is -0.362 e. The van der Waals surface area contributed by atoms with Crippen LogP contribution in [-0.2, 0) is 0 Å². The van der Waals surface area contributed by atoms with Crippen LogP contribution in [0.4, 0.5) is 0 Å². The third-order valence-corrected chi connectivity index (χ3v) is 4.15. The first-order chi connectivity index (χ1) is 9.85. The molecule has 0 aromatic rings. The molecule has 0 amide bonds. The van der Waals surface area contributed by atoms with E-state index >= 15 is 0 Å². The molecule has 2 heteroatoms. The van der Waals surface area contributed by atoms with Gasteiger partial charge in [0.05, 0.1) is 0 Å². The molecule has 0 saturated heterocycles. The van der Waals surface area contributed by atoms with Crippen molar-refractivity contribution in [1.29, 1.82) is 0 Å². The summed E-state index contributed by atoms with van der Waals surface area (Å²) in [6.45, 7) is 7.10. The first-order valence-electron chi connectivity index (χ1n) is 7.94. The van der Waals surface area contributed by atoms with E-state index in [1.165, 1.54) is 31.4 Å². The van der Waals surface area contributed by atoms with Gasteiger partial charge in [-0.3, -0.25) is 0 Å². The van der Waals surface area contributed by atoms with Crippen molar-refractivity contribution in [3.8, 4) is 0 Å². The van der Waals surface area contributed by atoms with Crippen LogP contribution in [-0.4, -0.2) is 17.5 Å². The van der Waals surface area contributed by atoms with Crippen LogP contribution in [0.25, 0.3) is 0 Å². The van der Waals surface area contributed by atoms with Gasteiger partial charge in [-0.1, -0.05) is 49.5 Å². The second-order valence-corrected chi connectivity index (χ2v) is 5.57. The van der Waals surface area contributed by atoms with Crippen molar-refractivity contribution in [2.24, 2.45) is 5.92 Å². The summed E-state index contributed by atoms with van der Waals surface area (Å²) in [4.78, 5) is 2.53. The lowest BCUT2D eigenvalue weighted by atomic mass is 10.1. The molecule has 0 saturated carbocycles. The zero-order valence-electron chi connectivity index (χ0n) is 13.1. The highest BCUT2D eigenvalue weighted by atomic mass is 127. The van der Waals surface area contributed by atoms with E-state index < -0.39 is 0 Å². The lowest BCUT2D eigenvalue weighted by Crippen LogP contribution is -2.32. The molecule has 2 unspecified atom stereocenters. The number of allylic oxidation sites excluding steroid dienone is 6. The van der Waals surface area contributed by atoms with Gasteiger partial charge < -0.3 is 4.90 Å². The van der Waals surface area contributed by atoms with Gasteiger partial charge in [0.25, 0.3) is 0 Å². The lowest BCUT2D eigenvalue weighted by Gasteiger charge is -2.31. The number of hydrogen-bond donors (Lipinski definition) is 0. The molecule has 0 heterocycles. The first kappa shape index (κ1) is 18.3. The minimum absolute atomic E-state index is 0. The molecule has 0 fully saturated rings. The molecule has 116 valence electrons. The fraction of sp³-hybridized carbons (Fsp3) is 0.474. The van der Waals surface area contributed by atoms with Gasteiger partial charge in [0, 0.05) is 18.3 Å². The average Bonchev–Trinajstić information content (AvgIpc) is 3.02. The fourth-order valence-electron chi connectivity index (χ4n) is 2.85. The number of nitrogens with zero attached hydrogens (tertiary/aromatic N) is 1. The standard InChI is InChI=1S/C19H27N.HI/c1-3-17(4-2)11-10-16-20(19-14-8-9-15-19)18-12-6-5-7-13-18;/h3,6,8,10-14,17,19H,1,4-5,7,9,15-16H2,2H3;1H/b11-10-;. The van der Waals surface area contributed by atoms with Gasteiger partial charge in [-0.15, -0.1) is 30.6 Å². The Morgan fingerprint density at radius 2 is 2.19 bits per heavy atom. The molecule has 2 aliphatic carbocycles. The maximum Gasteiger partial charge on any atom is 0.0479 e. The molecule has 0 aromatic heterocycles. The van der Waals surface area contributed by atoms with Crippen molar-refractivity contribution < 1.29 is 0 Å². The molecular weight excluding hydrogens is 369 g/mol. The molecule has 0 bridgehead atoms. The molecule has 21 heavy (non-hydrogen) atoms. The van der Waals surface area contributed by atoms with Crippen molar-refractivity contribution in [2.75, 3.05) is 6.54 Å². The predicted octanol–water partition coefficient (Wildman–Crippen LogP) is 5.63. The summed E-state index contributed by atoms with van der Waals surface area (Å²) in [6, 6.07) is 0.567. The van der Waals surface area contributed by atoms with E-state index in [0.29, 0.717) is 12.0 Å². The van der Waals surface area contributed by atoms with E-state index in [1.807, 2.05) is 6.08 Å². The van der Waals surface area contributed by atoms with Crippen molar-refractivity contribution in [3.63, 3.8) is 0 Å². The topological polar surface area (TPSA) is 3.24 Å². The quantitative estimate of drug-likeness (QED) is 0.398. The SMILES string of the molecule is C=CC(/C=C\CN(C1=CCCC=C1)C1C=CCC1)CC.I. The second kappa shape index (κ2) is 10.0. The molecule has 0 N–H and O–H groups in total. The molecule has 1 nitrogen and oxygen atoms in total. The van der Waals surface area contributed by atoms with Crippen molar-refractivity contribution in [3.05, 3.63) is 60.9 Å². The van der Waals surface area contributed by atoms with Gasteiger partial charge >= 0.3 is 0 Å². The number of rotatable bonds is 7. The summed E-state index contributed by atoms with van der Waals surface area (Å²) in [6.07, 6.45) is 24.2. The van der Waals surface area contributed by atoms with E-state index in [0.717, 1.165) is 13.0 Å². The van der Waals surface area contributed by atoms with Crippen LogP contribution in [0, 0.1) is 5.92 Å². The van der Waals surface area contributed by atoms with E-state index in [2.05, 4.69) is 60.9 Å². The fourth-order valence-corrected chi connectivity index (χ4v) is 2.85. The van der Waals surface area contributed by atoms with Gasteiger partial charge in [0.15, 0.2) is 0 Å². The maximum atomic E-state index is 3.90. The smallest absolute Gasteiger partial charge is 0.0479 e. The summed E-state index contributed by atoms with van der Waals surface area (Å²) in [5.41, 5.74) is 1.39. The van der Waals surface area contributed by atoms with Gasteiger partial charge in [0.2, 0.25) is 0 Å². The first-order valence-corrected chi connectivity index (χ1v) is 7.94. The Kier molecular flexibility index (Phi) is 8.74. The minimum atomic E-state index is 0. The van der Waals surface area contributed by atoms with Gasteiger partial charge in [0.1, 0.15) is 0 Å². The van der Waals surface area contributed by atoms with Crippen LogP contribution >= 0.6 is 24.0 Å². The normalized spacial score (nSPS) is 22.0. The Balaban J connectivity index is 0.00000220. The zero-order chi connectivity index (χ0) is 14.2. The Hall–Kier alpha value is -0.770. The molecule has 0 aliphatic heterocycles. The van der Waals surface area contributed by atoms with Crippen LogP contribution in [0.2, 0.25) is 0 Å². The molecule has 0 spiro atoms. The molecule has 0 radical (unpaired) electrons. The Morgan fingerprint density at radius 3 is 2.76 bits per heavy atom. The monoisotopic (exact) mass is 397 g/mol. The van der Waals surface area contributed by atoms with Crippen LogP contribution < -0.4 is 0 Å². The van der Waals surface area contributed by atoms with Gasteiger partial charge in [-0.2, -0.15) is 0 Å². The van der Waals surface area contributed by atoms with Gasteiger partial charge in [-0.05, 0) is 44.1 Å². The zero-order valence-corrected chi connectivity index (χ0v) is 15.4. The maximum absolute atomic E-state index is 3.90. The van der Waals surface area contributed by atoms with Crippen LogP contribution in [0.5, 0.6) is 0 Å². The molecular formula is C19H28IN. The Bertz CT molecular complexity index is 431. The van der Waals surface area contributed by atoms with Crippen molar-refractivity contribution in [1.82, 2.24) is 4.90 Å². The lowest BCUT2D eigenvalue weighted by molar-refractivity contribution is 0.324. The van der Waals surface area contributed by atoms with E-state index in [9.17, 15) is 0 Å². The van der Waals surface area contributed by atoms with E-state index in [1.54, 1.807) is 0 Å². The number of hydrogen-bond acceptors (Lipinski definition) is 1. The Morgan fingerprint density at radius 1 is 1.33 bits per heavy atom. The summed E-state index contributed by atoms with van der Waals surface area (Å²) in [5, 5.41) is 0. The van der Waals surface area contributed by atoms with Crippen molar-refractivity contribution in [2.45, 2.75) is 45.1 Å². The van der Waals surface area contributed by atoms with Gasteiger partial charge in [-0.25, -0.2) is 0 Å². The largest absolute Gasteiger partial charge is 0.362 e. The number of halogens is 1. The highest BCUT2D eigenvalue weighted by Crippen LogP contribution is 2.24. The van der Waals surface area contributed by atoms with Crippen LogP contribution in [0.3, 0.4) is 0 Å². The molecule has 2 rings (SSSR count). The van der Waals surface area contributed by atoms with Crippen LogP contribution in [0.1, 0.15) is 39.0 Å². The predicted molar refractivity (Wildman–Crippen MR) is 104 cm³/mol. The van der Waals surface area contributed by atoms with E-state index in [4.69, 9.17) is 0 Å². The highest BCUT2D eigenvalue weighted by molar-refractivity contribution is 14.0. The van der Waals surface area contributed by atoms with E-state index in [-0.39, 0.29) is 24.0 Å². The third-order valence-electron chi connectivity index (χ3n) is 4.15. The summed E-state index contributed by atoms with van der Waals surface area (Å²) in [5.74, 6) is 0.506. The van der Waals surface area contributed by atoms with Crippen LogP contribution in [0.15, 0.2) is 60.9 Å². The molecule has 2 aliphatic rings. The molecule has 0 aromatic carbocycles. The third kappa shape index (κ3) is 5.50. The average molecular weight is 397 g/mol.